The van der Waals surface area contributed by atoms with Gasteiger partial charge in [0.15, 0.2) is 0 Å². The lowest BCUT2D eigenvalue weighted by Crippen LogP contribution is -2.23. The Morgan fingerprint density at radius 1 is 1.19 bits per heavy atom. The number of aryl methyl sites for hydroxylation is 1. The number of benzene rings is 2. The van der Waals surface area contributed by atoms with E-state index in [0.29, 0.717) is 0 Å². The molecular formula is C18H22FNO. The van der Waals surface area contributed by atoms with Gasteiger partial charge in [0, 0.05) is 6.04 Å². The minimum atomic E-state index is -0.187. The number of ether oxygens (including phenoxy) is 1. The summed E-state index contributed by atoms with van der Waals surface area (Å²) in [6.07, 6.45) is 0.765. The van der Waals surface area contributed by atoms with Crippen molar-refractivity contribution < 1.29 is 9.13 Å². The minimum Gasteiger partial charge on any atom is -0.496 e. The fourth-order valence-electron chi connectivity index (χ4n) is 2.61. The van der Waals surface area contributed by atoms with E-state index in [9.17, 15) is 4.39 Å². The summed E-state index contributed by atoms with van der Waals surface area (Å²) in [5.41, 5.74) is 3.03. The molecule has 0 aliphatic rings. The third kappa shape index (κ3) is 4.05. The highest BCUT2D eigenvalue weighted by atomic mass is 19.1. The second kappa shape index (κ2) is 7.23. The lowest BCUT2D eigenvalue weighted by molar-refractivity contribution is 0.405. The van der Waals surface area contributed by atoms with Crippen LogP contribution in [0.1, 0.15) is 29.7 Å². The second-order valence-electron chi connectivity index (χ2n) is 5.19. The fourth-order valence-corrected chi connectivity index (χ4v) is 2.61. The van der Waals surface area contributed by atoms with Crippen molar-refractivity contribution in [2.45, 2.75) is 26.3 Å². The van der Waals surface area contributed by atoms with Crippen LogP contribution in [0.4, 0.5) is 4.39 Å². The topological polar surface area (TPSA) is 21.3 Å². The molecule has 1 atom stereocenters. The average Bonchev–Trinajstić information content (AvgIpc) is 2.46. The molecule has 0 amide bonds. The van der Waals surface area contributed by atoms with E-state index in [0.717, 1.165) is 35.4 Å². The molecule has 1 N–H and O–H groups in total. The summed E-state index contributed by atoms with van der Waals surface area (Å²) < 4.78 is 19.1. The molecule has 3 heteroatoms. The fraction of sp³-hybridized carbons (Fsp3) is 0.333. The molecule has 0 radical (unpaired) electrons. The van der Waals surface area contributed by atoms with Crippen molar-refractivity contribution in [2.75, 3.05) is 13.7 Å². The largest absolute Gasteiger partial charge is 0.496 e. The lowest BCUT2D eigenvalue weighted by atomic mass is 9.97. The molecular weight excluding hydrogens is 265 g/mol. The second-order valence-corrected chi connectivity index (χ2v) is 5.19. The number of hydrogen-bond donors (Lipinski definition) is 1. The van der Waals surface area contributed by atoms with Gasteiger partial charge in [-0.15, -0.1) is 0 Å². The van der Waals surface area contributed by atoms with E-state index in [1.54, 1.807) is 19.2 Å². The molecule has 0 heterocycles. The van der Waals surface area contributed by atoms with E-state index in [1.165, 1.54) is 0 Å². The summed E-state index contributed by atoms with van der Waals surface area (Å²) in [4.78, 5) is 0. The first-order valence-corrected chi connectivity index (χ1v) is 7.26. The standard InChI is InChI=1S/C18H22FNO/c1-4-20-17(15-9-13(2)10-16(19)11-15)12-14-7-5-6-8-18(14)21-3/h5-11,17,20H,4,12H2,1-3H3. The van der Waals surface area contributed by atoms with Crippen LogP contribution >= 0.6 is 0 Å². The first-order chi connectivity index (χ1) is 10.1. The molecule has 0 bridgehead atoms. The number of nitrogens with one attached hydrogen (secondary N) is 1. The number of halogens is 1. The number of methoxy groups -OCH3 is 1. The Balaban J connectivity index is 2.30. The van der Waals surface area contributed by atoms with E-state index in [4.69, 9.17) is 4.74 Å². The summed E-state index contributed by atoms with van der Waals surface area (Å²) in [5.74, 6) is 0.682. The van der Waals surface area contributed by atoms with E-state index >= 15 is 0 Å². The smallest absolute Gasteiger partial charge is 0.123 e. The first-order valence-electron chi connectivity index (χ1n) is 7.26. The highest BCUT2D eigenvalue weighted by molar-refractivity contribution is 5.36. The molecule has 2 rings (SSSR count). The predicted molar refractivity (Wildman–Crippen MR) is 84.3 cm³/mol. The molecule has 21 heavy (non-hydrogen) atoms. The molecule has 0 aliphatic heterocycles. The van der Waals surface area contributed by atoms with Crippen molar-refractivity contribution in [1.82, 2.24) is 5.32 Å². The Bertz CT molecular complexity index is 577. The quantitative estimate of drug-likeness (QED) is 0.866. The summed E-state index contributed by atoms with van der Waals surface area (Å²) >= 11 is 0. The van der Waals surface area contributed by atoms with Crippen LogP contribution in [-0.2, 0) is 6.42 Å². The minimum absolute atomic E-state index is 0.0701. The summed E-state index contributed by atoms with van der Waals surface area (Å²) in [6, 6.07) is 13.2. The molecule has 0 fully saturated rings. The maximum absolute atomic E-state index is 13.7. The zero-order valence-corrected chi connectivity index (χ0v) is 12.8. The van der Waals surface area contributed by atoms with Crippen LogP contribution in [0.15, 0.2) is 42.5 Å². The van der Waals surface area contributed by atoms with E-state index in [-0.39, 0.29) is 11.9 Å². The maximum atomic E-state index is 13.7. The lowest BCUT2D eigenvalue weighted by Gasteiger charge is -2.20. The zero-order chi connectivity index (χ0) is 15.2. The highest BCUT2D eigenvalue weighted by Crippen LogP contribution is 2.26. The molecule has 0 spiro atoms. The van der Waals surface area contributed by atoms with Gasteiger partial charge in [-0.25, -0.2) is 4.39 Å². The molecule has 0 aromatic heterocycles. The number of likely N-dealkylation sites (N-methyl/N-ethyl adjacent to an activating group) is 1. The molecule has 0 saturated carbocycles. The first kappa shape index (κ1) is 15.5. The van der Waals surface area contributed by atoms with Crippen LogP contribution in [0.3, 0.4) is 0 Å². The Hall–Kier alpha value is -1.87. The van der Waals surface area contributed by atoms with Crippen molar-refractivity contribution in [3.05, 3.63) is 65.0 Å². The van der Waals surface area contributed by atoms with E-state index in [2.05, 4.69) is 18.3 Å². The zero-order valence-electron chi connectivity index (χ0n) is 12.8. The molecule has 2 aromatic carbocycles. The SMILES string of the molecule is CCNC(Cc1ccccc1OC)c1cc(C)cc(F)c1. The Morgan fingerprint density at radius 2 is 1.95 bits per heavy atom. The van der Waals surface area contributed by atoms with Gasteiger partial charge in [-0.05, 0) is 54.8 Å². The normalized spacial score (nSPS) is 12.2. The van der Waals surface area contributed by atoms with E-state index in [1.807, 2.05) is 31.2 Å². The molecule has 112 valence electrons. The molecule has 1 unspecified atom stereocenters. The van der Waals surface area contributed by atoms with Gasteiger partial charge < -0.3 is 10.1 Å². The molecule has 2 aromatic rings. The van der Waals surface area contributed by atoms with Crippen LogP contribution in [0.25, 0.3) is 0 Å². The van der Waals surface area contributed by atoms with Crippen LogP contribution < -0.4 is 10.1 Å². The van der Waals surface area contributed by atoms with Crippen LogP contribution in [0, 0.1) is 12.7 Å². The van der Waals surface area contributed by atoms with Gasteiger partial charge in [0.1, 0.15) is 11.6 Å². The monoisotopic (exact) mass is 287 g/mol. The van der Waals surface area contributed by atoms with Gasteiger partial charge in [-0.1, -0.05) is 31.2 Å². The van der Waals surface area contributed by atoms with Gasteiger partial charge in [0.25, 0.3) is 0 Å². The van der Waals surface area contributed by atoms with Gasteiger partial charge >= 0.3 is 0 Å². The Morgan fingerprint density at radius 3 is 2.62 bits per heavy atom. The third-order valence-corrected chi connectivity index (χ3v) is 3.53. The average molecular weight is 287 g/mol. The Kier molecular flexibility index (Phi) is 5.34. The summed E-state index contributed by atoms with van der Waals surface area (Å²) in [6.45, 7) is 4.80. The number of hydrogen-bond acceptors (Lipinski definition) is 2. The summed E-state index contributed by atoms with van der Waals surface area (Å²) in [7, 11) is 1.67. The van der Waals surface area contributed by atoms with Crippen molar-refractivity contribution in [2.24, 2.45) is 0 Å². The third-order valence-electron chi connectivity index (χ3n) is 3.53. The number of para-hydroxylation sites is 1. The van der Waals surface area contributed by atoms with Crippen molar-refractivity contribution >= 4 is 0 Å². The molecule has 0 aliphatic carbocycles. The van der Waals surface area contributed by atoms with Crippen LogP contribution in [0.2, 0.25) is 0 Å². The predicted octanol–water partition coefficient (Wildman–Crippen LogP) is 4.04. The van der Waals surface area contributed by atoms with Gasteiger partial charge in [-0.2, -0.15) is 0 Å². The van der Waals surface area contributed by atoms with Gasteiger partial charge in [0.05, 0.1) is 7.11 Å². The van der Waals surface area contributed by atoms with Gasteiger partial charge in [0.2, 0.25) is 0 Å². The van der Waals surface area contributed by atoms with Crippen LogP contribution in [0.5, 0.6) is 5.75 Å². The molecule has 2 nitrogen and oxygen atoms in total. The van der Waals surface area contributed by atoms with Crippen LogP contribution in [-0.4, -0.2) is 13.7 Å². The van der Waals surface area contributed by atoms with E-state index < -0.39 is 0 Å². The maximum Gasteiger partial charge on any atom is 0.123 e. The number of rotatable bonds is 6. The summed E-state index contributed by atoms with van der Waals surface area (Å²) in [5, 5.41) is 3.43. The molecule has 0 saturated heterocycles. The van der Waals surface area contributed by atoms with Crippen molar-refractivity contribution in [1.29, 1.82) is 0 Å². The van der Waals surface area contributed by atoms with Crippen molar-refractivity contribution in [3.8, 4) is 5.75 Å². The Labute approximate surface area is 126 Å². The van der Waals surface area contributed by atoms with Gasteiger partial charge in [-0.3, -0.25) is 0 Å². The van der Waals surface area contributed by atoms with Crippen molar-refractivity contribution in [3.63, 3.8) is 0 Å². The highest BCUT2D eigenvalue weighted by Gasteiger charge is 2.15.